The van der Waals surface area contributed by atoms with Gasteiger partial charge in [-0.15, -0.1) is 11.8 Å². The van der Waals surface area contributed by atoms with Crippen LogP contribution in [-0.2, 0) is 19.4 Å². The second-order valence-electron chi connectivity index (χ2n) is 8.18. The van der Waals surface area contributed by atoms with E-state index in [1.54, 1.807) is 40.9 Å². The predicted octanol–water partition coefficient (Wildman–Crippen LogP) is 3.86. The number of fused-ring (bicyclic) bond motifs is 1. The number of carbonyl (C=O) groups excluding carboxylic acids is 1. The summed E-state index contributed by atoms with van der Waals surface area (Å²) in [6, 6.07) is 12.8. The first-order valence-electron chi connectivity index (χ1n) is 11.2. The minimum atomic E-state index is -3.55. The van der Waals surface area contributed by atoms with Crippen LogP contribution in [0.5, 0.6) is 0 Å². The molecule has 1 aromatic heterocycles. The number of benzene rings is 2. The predicted molar refractivity (Wildman–Crippen MR) is 139 cm³/mol. The van der Waals surface area contributed by atoms with Gasteiger partial charge >= 0.3 is 0 Å². The largest absolute Gasteiger partial charge is 0.379 e. The molecule has 0 radical (unpaired) electrons. The Morgan fingerprint density at radius 3 is 2.62 bits per heavy atom. The van der Waals surface area contributed by atoms with Crippen molar-refractivity contribution >= 4 is 54.2 Å². The number of amides is 1. The van der Waals surface area contributed by atoms with E-state index in [0.717, 1.165) is 33.8 Å². The lowest BCUT2D eigenvalue weighted by atomic mass is 10.2. The highest BCUT2D eigenvalue weighted by Gasteiger charge is 2.24. The first-order chi connectivity index (χ1) is 16.4. The number of para-hydroxylation sites is 1. The molecule has 7 nitrogen and oxygen atoms in total. The van der Waals surface area contributed by atoms with Crippen molar-refractivity contribution in [3.05, 3.63) is 48.0 Å². The SMILES string of the molecule is CSc1cccc2sc(N(CCN3CCOCC3)C(=O)CCS(=O)(=O)c3ccc(C)cc3)nc12. The summed E-state index contributed by atoms with van der Waals surface area (Å²) in [5.41, 5.74) is 1.87. The summed E-state index contributed by atoms with van der Waals surface area (Å²) in [5, 5.41) is 0.613. The summed E-state index contributed by atoms with van der Waals surface area (Å²) < 4.78 is 32.1. The van der Waals surface area contributed by atoms with Gasteiger partial charge in [0.25, 0.3) is 0 Å². The van der Waals surface area contributed by atoms with Gasteiger partial charge in [-0.3, -0.25) is 14.6 Å². The number of morpholine rings is 1. The third-order valence-corrected chi connectivity index (χ3v) is 9.38. The molecule has 0 N–H and O–H groups in total. The number of rotatable bonds is 9. The van der Waals surface area contributed by atoms with Crippen molar-refractivity contribution in [2.24, 2.45) is 0 Å². The second kappa shape index (κ2) is 11.2. The zero-order valence-electron chi connectivity index (χ0n) is 19.4. The topological polar surface area (TPSA) is 79.8 Å². The molecule has 4 rings (SSSR count). The van der Waals surface area contributed by atoms with Gasteiger partial charge in [-0.05, 0) is 37.4 Å². The Bertz CT molecular complexity index is 1240. The lowest BCUT2D eigenvalue weighted by molar-refractivity contribution is -0.118. The van der Waals surface area contributed by atoms with Crippen molar-refractivity contribution in [3.63, 3.8) is 0 Å². The van der Waals surface area contributed by atoms with Crippen molar-refractivity contribution in [3.8, 4) is 0 Å². The van der Waals surface area contributed by atoms with Crippen LogP contribution in [0.15, 0.2) is 52.3 Å². The average molecular weight is 520 g/mol. The van der Waals surface area contributed by atoms with Crippen LogP contribution < -0.4 is 4.90 Å². The number of aryl methyl sites for hydroxylation is 1. The lowest BCUT2D eigenvalue weighted by Gasteiger charge is -2.29. The van der Waals surface area contributed by atoms with Crippen molar-refractivity contribution in [1.82, 2.24) is 9.88 Å². The maximum atomic E-state index is 13.4. The molecule has 1 saturated heterocycles. The molecule has 2 aromatic carbocycles. The first kappa shape index (κ1) is 25.1. The van der Waals surface area contributed by atoms with E-state index in [-0.39, 0.29) is 23.0 Å². The van der Waals surface area contributed by atoms with E-state index in [1.807, 2.05) is 31.4 Å². The Kier molecular flexibility index (Phi) is 8.26. The number of carbonyl (C=O) groups is 1. The van der Waals surface area contributed by atoms with Crippen LogP contribution in [-0.4, -0.2) is 75.6 Å². The van der Waals surface area contributed by atoms with Crippen LogP contribution in [0.25, 0.3) is 10.2 Å². The molecule has 0 spiro atoms. The van der Waals surface area contributed by atoms with Crippen LogP contribution in [0.3, 0.4) is 0 Å². The van der Waals surface area contributed by atoms with Crippen LogP contribution >= 0.6 is 23.1 Å². The highest BCUT2D eigenvalue weighted by molar-refractivity contribution is 7.98. The Morgan fingerprint density at radius 1 is 1.18 bits per heavy atom. The van der Waals surface area contributed by atoms with E-state index >= 15 is 0 Å². The van der Waals surface area contributed by atoms with Gasteiger partial charge in [-0.25, -0.2) is 13.4 Å². The number of anilines is 1. The number of thiazole rings is 1. The minimum absolute atomic E-state index is 0.0926. The molecule has 2 heterocycles. The fourth-order valence-electron chi connectivity index (χ4n) is 3.81. The van der Waals surface area contributed by atoms with Gasteiger partial charge in [-0.2, -0.15) is 0 Å². The summed E-state index contributed by atoms with van der Waals surface area (Å²) in [6.07, 6.45) is 1.91. The Hall–Kier alpha value is -1.98. The molecule has 34 heavy (non-hydrogen) atoms. The monoisotopic (exact) mass is 519 g/mol. The van der Waals surface area contributed by atoms with Crippen molar-refractivity contribution in [2.45, 2.75) is 23.1 Å². The number of thioether (sulfide) groups is 1. The molecule has 1 fully saturated rings. The quantitative estimate of drug-likeness (QED) is 0.397. The van der Waals surface area contributed by atoms with Gasteiger partial charge in [-0.1, -0.05) is 35.1 Å². The number of ether oxygens (including phenoxy) is 1. The maximum absolute atomic E-state index is 13.4. The van der Waals surface area contributed by atoms with Crippen LogP contribution in [0.2, 0.25) is 0 Å². The van der Waals surface area contributed by atoms with Gasteiger partial charge < -0.3 is 4.74 Å². The van der Waals surface area contributed by atoms with Crippen molar-refractivity contribution in [1.29, 1.82) is 0 Å². The summed E-state index contributed by atoms with van der Waals surface area (Å²) in [4.78, 5) is 23.4. The third-order valence-electron chi connectivity index (χ3n) is 5.83. The number of hydrogen-bond acceptors (Lipinski definition) is 8. The van der Waals surface area contributed by atoms with Gasteiger partial charge in [0.05, 0.1) is 34.1 Å². The molecule has 1 aliphatic rings. The molecule has 1 aliphatic heterocycles. The Morgan fingerprint density at radius 2 is 1.91 bits per heavy atom. The maximum Gasteiger partial charge on any atom is 0.229 e. The van der Waals surface area contributed by atoms with E-state index in [2.05, 4.69) is 4.90 Å². The van der Waals surface area contributed by atoms with Gasteiger partial charge in [0.15, 0.2) is 15.0 Å². The van der Waals surface area contributed by atoms with E-state index < -0.39 is 9.84 Å². The van der Waals surface area contributed by atoms with Crippen molar-refractivity contribution < 1.29 is 17.9 Å². The second-order valence-corrected chi connectivity index (χ2v) is 12.2. The molecular formula is C24H29N3O4S3. The minimum Gasteiger partial charge on any atom is -0.379 e. The number of aromatic nitrogens is 1. The summed E-state index contributed by atoms with van der Waals surface area (Å²) in [7, 11) is -3.55. The highest BCUT2D eigenvalue weighted by Crippen LogP contribution is 2.34. The van der Waals surface area contributed by atoms with E-state index in [1.165, 1.54) is 11.3 Å². The highest BCUT2D eigenvalue weighted by atomic mass is 32.2. The standard InChI is InChI=1S/C24H29N3O4S3/c1-18-6-8-19(9-7-18)34(29,30)17-10-22(28)27(12-11-26-13-15-31-16-14-26)24-25-23-20(32-2)4-3-5-21(23)33-24/h3-9H,10-17H2,1-2H3. The molecule has 0 atom stereocenters. The third kappa shape index (κ3) is 5.98. The first-order valence-corrected chi connectivity index (χ1v) is 14.9. The molecule has 182 valence electrons. The summed E-state index contributed by atoms with van der Waals surface area (Å²) >= 11 is 3.09. The van der Waals surface area contributed by atoms with Crippen molar-refractivity contribution in [2.75, 3.05) is 56.3 Å². The lowest BCUT2D eigenvalue weighted by Crippen LogP contribution is -2.43. The summed E-state index contributed by atoms with van der Waals surface area (Å²) in [5.74, 6) is -0.460. The van der Waals surface area contributed by atoms with Gasteiger partial charge in [0, 0.05) is 37.5 Å². The van der Waals surface area contributed by atoms with Crippen LogP contribution in [0.4, 0.5) is 5.13 Å². The molecule has 10 heteroatoms. The molecule has 0 unspecified atom stereocenters. The number of hydrogen-bond donors (Lipinski definition) is 0. The molecule has 0 saturated carbocycles. The zero-order valence-corrected chi connectivity index (χ0v) is 21.8. The molecule has 0 aliphatic carbocycles. The molecule has 1 amide bonds. The number of nitrogens with zero attached hydrogens (tertiary/aromatic N) is 3. The normalized spacial score (nSPS) is 15.0. The average Bonchev–Trinajstić information content (AvgIpc) is 3.28. The van der Waals surface area contributed by atoms with E-state index in [4.69, 9.17) is 9.72 Å². The Labute approximate surface area is 209 Å². The number of sulfone groups is 1. The van der Waals surface area contributed by atoms with E-state index in [0.29, 0.717) is 31.4 Å². The zero-order chi connectivity index (χ0) is 24.1. The fourth-order valence-corrected chi connectivity index (χ4v) is 6.70. The molecule has 0 bridgehead atoms. The van der Waals surface area contributed by atoms with Gasteiger partial charge in [0.1, 0.15) is 0 Å². The Balaban J connectivity index is 1.54. The summed E-state index contributed by atoms with van der Waals surface area (Å²) in [6.45, 7) is 6.05. The molecular weight excluding hydrogens is 490 g/mol. The van der Waals surface area contributed by atoms with Gasteiger partial charge in [0.2, 0.25) is 5.91 Å². The van der Waals surface area contributed by atoms with Crippen LogP contribution in [0.1, 0.15) is 12.0 Å². The van der Waals surface area contributed by atoms with E-state index in [9.17, 15) is 13.2 Å². The smallest absolute Gasteiger partial charge is 0.229 e. The fraction of sp³-hybridized carbons (Fsp3) is 0.417. The van der Waals surface area contributed by atoms with Crippen LogP contribution in [0, 0.1) is 6.92 Å². The molecule has 3 aromatic rings.